The van der Waals surface area contributed by atoms with Crippen LogP contribution in [0.2, 0.25) is 10.0 Å². The van der Waals surface area contributed by atoms with Crippen LogP contribution in [0.1, 0.15) is 24.0 Å². The number of carbonyl (C=O) groups is 6. The number of nitrogens with zero attached hydrogens (tertiary/aromatic N) is 4. The third-order valence-electron chi connectivity index (χ3n) is 8.47. The van der Waals surface area contributed by atoms with Crippen LogP contribution in [0, 0.1) is 0 Å². The van der Waals surface area contributed by atoms with Gasteiger partial charge in [-0.1, -0.05) is 35.3 Å². The number of ether oxygens (including phenoxy) is 2. The van der Waals surface area contributed by atoms with E-state index < -0.39 is 59.8 Å². The van der Waals surface area contributed by atoms with Gasteiger partial charge in [0.05, 0.1) is 25.0 Å². The minimum absolute atomic E-state index is 0. The van der Waals surface area contributed by atoms with Gasteiger partial charge in [0.2, 0.25) is 11.8 Å². The first-order valence-electron chi connectivity index (χ1n) is 17.8. The Balaban J connectivity index is 0.000000264. The van der Waals surface area contributed by atoms with Crippen molar-refractivity contribution in [1.29, 1.82) is 0 Å². The molecular formula is C40H34CaCl2N6O12. The molecule has 0 unspecified atom stereocenters. The quantitative estimate of drug-likeness (QED) is 0.103. The normalized spacial score (nSPS) is 13.7. The maximum atomic E-state index is 12.6. The Labute approximate surface area is 387 Å². The number of hydrogen-bond acceptors (Lipinski definition) is 14. The number of aliphatic hydroxyl groups is 2. The summed E-state index contributed by atoms with van der Waals surface area (Å²) in [5.41, 5.74) is 0.418. The third-order valence-corrected chi connectivity index (χ3v) is 8.98. The standard InChI is InChI=1S/2C20H18ClN3O6.Ca/c2*21-13-2-4-14(5-3-13)30-16-6-1-12(9-22-16)11-24-8-7-15(25)18(20(24)29)19(28)23-10-17(26)27;/h2*1-6,9,25H,7-8,10-11H2,(H,23,28)(H,26,27);/q;;+2/p-2. The largest absolute Gasteiger partial charge is 2.00 e. The summed E-state index contributed by atoms with van der Waals surface area (Å²) in [5, 5.41) is 46.1. The molecule has 0 bridgehead atoms. The molecule has 0 saturated heterocycles. The molecule has 61 heavy (non-hydrogen) atoms. The predicted molar refractivity (Wildman–Crippen MR) is 213 cm³/mol. The molecular weight excluding hydrogens is 867 g/mol. The van der Waals surface area contributed by atoms with E-state index in [1.165, 1.54) is 22.2 Å². The monoisotopic (exact) mass is 900 g/mol. The number of hydrogen-bond donors (Lipinski definition) is 4. The van der Waals surface area contributed by atoms with Gasteiger partial charge in [0.25, 0.3) is 23.6 Å². The van der Waals surface area contributed by atoms with Gasteiger partial charge in [-0.15, -0.1) is 0 Å². The van der Waals surface area contributed by atoms with E-state index in [1.54, 1.807) is 72.8 Å². The molecule has 0 atom stereocenters. The minimum Gasteiger partial charge on any atom is -0.548 e. The molecule has 6 rings (SSSR count). The van der Waals surface area contributed by atoms with Gasteiger partial charge < -0.3 is 59.9 Å². The van der Waals surface area contributed by atoms with Crippen LogP contribution in [0.4, 0.5) is 0 Å². The van der Waals surface area contributed by atoms with Gasteiger partial charge in [0.15, 0.2) is 0 Å². The zero-order valence-electron chi connectivity index (χ0n) is 32.0. The molecule has 4 N–H and O–H groups in total. The molecule has 0 spiro atoms. The van der Waals surface area contributed by atoms with E-state index in [2.05, 4.69) is 9.97 Å². The average Bonchev–Trinajstić information content (AvgIpc) is 3.22. The molecule has 2 aromatic carbocycles. The summed E-state index contributed by atoms with van der Waals surface area (Å²) in [6.45, 7) is -0.824. The van der Waals surface area contributed by atoms with Crippen LogP contribution >= 0.6 is 23.2 Å². The molecule has 4 amide bonds. The molecule has 0 saturated carbocycles. The first-order valence-corrected chi connectivity index (χ1v) is 18.6. The maximum absolute atomic E-state index is 12.6. The average molecular weight is 902 g/mol. The minimum atomic E-state index is -1.50. The van der Waals surface area contributed by atoms with Gasteiger partial charge in [-0.2, -0.15) is 0 Å². The number of aliphatic carboxylic acids is 2. The number of aromatic nitrogens is 2. The van der Waals surface area contributed by atoms with Crippen molar-refractivity contribution in [3.05, 3.63) is 129 Å². The van der Waals surface area contributed by atoms with Crippen LogP contribution in [-0.2, 0) is 41.9 Å². The summed E-state index contributed by atoms with van der Waals surface area (Å²) < 4.78 is 11.2. The van der Waals surface area contributed by atoms with Gasteiger partial charge in [-0.3, -0.25) is 19.2 Å². The number of rotatable bonds is 14. The fraction of sp³-hybridized carbons (Fsp3) is 0.200. The van der Waals surface area contributed by atoms with Gasteiger partial charge in [0.1, 0.15) is 34.2 Å². The number of carbonyl (C=O) groups excluding carboxylic acids is 6. The van der Waals surface area contributed by atoms with Gasteiger partial charge in [0, 0.05) is 73.6 Å². The number of nitrogens with one attached hydrogen (secondary N) is 2. The Morgan fingerprint density at radius 1 is 0.623 bits per heavy atom. The predicted octanol–water partition coefficient (Wildman–Crippen LogP) is 1.49. The molecule has 21 heteroatoms. The fourth-order valence-electron chi connectivity index (χ4n) is 5.55. The Kier molecular flexibility index (Phi) is 17.7. The molecule has 2 aliphatic rings. The molecule has 4 aromatic rings. The van der Waals surface area contributed by atoms with Crippen LogP contribution in [0.15, 0.2) is 108 Å². The van der Waals surface area contributed by atoms with Crippen molar-refractivity contribution in [2.24, 2.45) is 0 Å². The molecule has 2 aromatic heterocycles. The van der Waals surface area contributed by atoms with E-state index in [9.17, 15) is 49.2 Å². The maximum Gasteiger partial charge on any atom is 2.00 e. The van der Waals surface area contributed by atoms with Crippen molar-refractivity contribution >= 4 is 96.5 Å². The second-order valence-electron chi connectivity index (χ2n) is 12.8. The number of carboxylic acid groups (broad SMARTS) is 2. The first-order chi connectivity index (χ1) is 28.7. The van der Waals surface area contributed by atoms with Crippen LogP contribution < -0.4 is 30.3 Å². The van der Waals surface area contributed by atoms with Crippen LogP contribution in [0.25, 0.3) is 0 Å². The van der Waals surface area contributed by atoms with Crippen molar-refractivity contribution in [1.82, 2.24) is 30.4 Å². The second-order valence-corrected chi connectivity index (χ2v) is 13.7. The molecule has 0 fully saturated rings. The van der Waals surface area contributed by atoms with E-state index in [0.717, 1.165) is 0 Å². The van der Waals surface area contributed by atoms with Crippen molar-refractivity contribution in [3.8, 4) is 23.3 Å². The summed E-state index contributed by atoms with van der Waals surface area (Å²) in [7, 11) is 0. The Morgan fingerprint density at radius 2 is 0.984 bits per heavy atom. The van der Waals surface area contributed by atoms with E-state index in [-0.39, 0.29) is 88.3 Å². The summed E-state index contributed by atoms with van der Waals surface area (Å²) in [4.78, 5) is 81.4. The molecule has 4 heterocycles. The van der Waals surface area contributed by atoms with E-state index >= 15 is 0 Å². The molecule has 0 aliphatic carbocycles. The number of benzene rings is 2. The van der Waals surface area contributed by atoms with Crippen molar-refractivity contribution in [2.45, 2.75) is 25.9 Å². The number of aliphatic hydroxyl groups excluding tert-OH is 2. The third kappa shape index (κ3) is 14.1. The van der Waals surface area contributed by atoms with Crippen LogP contribution in [-0.4, -0.2) is 129 Å². The smallest absolute Gasteiger partial charge is 0.548 e. The Bertz CT molecular complexity index is 2150. The number of carboxylic acids is 2. The zero-order valence-corrected chi connectivity index (χ0v) is 35.7. The van der Waals surface area contributed by atoms with Crippen LogP contribution in [0.5, 0.6) is 23.3 Å². The number of halogens is 2. The van der Waals surface area contributed by atoms with Crippen molar-refractivity contribution in [3.63, 3.8) is 0 Å². The first kappa shape index (κ1) is 47.8. The number of pyridine rings is 2. The van der Waals surface area contributed by atoms with E-state index in [4.69, 9.17) is 32.7 Å². The summed E-state index contributed by atoms with van der Waals surface area (Å²) in [5.74, 6) is -5.24. The molecule has 18 nitrogen and oxygen atoms in total. The van der Waals surface area contributed by atoms with E-state index in [1.807, 2.05) is 10.6 Å². The summed E-state index contributed by atoms with van der Waals surface area (Å²) in [6.07, 6.45) is 3.22. The Morgan fingerprint density at radius 3 is 1.30 bits per heavy atom. The van der Waals surface area contributed by atoms with Crippen LogP contribution in [0.3, 0.4) is 0 Å². The van der Waals surface area contributed by atoms with E-state index in [0.29, 0.717) is 44.4 Å². The van der Waals surface area contributed by atoms with Crippen molar-refractivity contribution in [2.75, 3.05) is 26.2 Å². The molecule has 312 valence electrons. The SMILES string of the molecule is O=C([O-])CNC(=O)C1=C(O)CCN(Cc2ccc(Oc3ccc(Cl)cc3)nc2)C1=O.O=C([O-])CNC(=O)C1=C(O)CCN(Cc2ccc(Oc3ccc(Cl)cc3)nc2)C1=O.[Ca+2]. The number of amides is 4. The van der Waals surface area contributed by atoms with Gasteiger partial charge >= 0.3 is 37.7 Å². The fourth-order valence-corrected chi connectivity index (χ4v) is 5.81. The van der Waals surface area contributed by atoms with Gasteiger partial charge in [-0.25, -0.2) is 9.97 Å². The van der Waals surface area contributed by atoms with Crippen molar-refractivity contribution < 1.29 is 58.7 Å². The Hall–Kier alpha value is -5.92. The van der Waals surface area contributed by atoms with Gasteiger partial charge in [-0.05, 0) is 59.7 Å². The second kappa shape index (κ2) is 22.6. The zero-order chi connectivity index (χ0) is 43.3. The summed E-state index contributed by atoms with van der Waals surface area (Å²) in [6, 6.07) is 20.3. The summed E-state index contributed by atoms with van der Waals surface area (Å²) >= 11 is 11.7. The molecule has 0 radical (unpaired) electrons. The molecule has 2 aliphatic heterocycles. The topological polar surface area (TPSA) is 264 Å².